The van der Waals surface area contributed by atoms with Gasteiger partial charge >= 0.3 is 0 Å². The first-order chi connectivity index (χ1) is 15.8. The number of furan rings is 1. The lowest BCUT2D eigenvalue weighted by atomic mass is 10.2. The van der Waals surface area contributed by atoms with Crippen molar-refractivity contribution in [3.63, 3.8) is 0 Å². The molecule has 0 radical (unpaired) electrons. The summed E-state index contributed by atoms with van der Waals surface area (Å²) in [7, 11) is -4.17. The Morgan fingerprint density at radius 2 is 2.06 bits per heavy atom. The molecule has 3 heterocycles. The lowest BCUT2D eigenvalue weighted by Gasteiger charge is -2.23. The maximum Gasteiger partial charge on any atom is 0.246 e. The van der Waals surface area contributed by atoms with E-state index in [9.17, 15) is 22.4 Å². The molecule has 2 N–H and O–H groups in total. The first-order valence-corrected chi connectivity index (χ1v) is 12.4. The Bertz CT molecular complexity index is 1290. The van der Waals surface area contributed by atoms with E-state index in [2.05, 4.69) is 15.6 Å². The molecule has 2 amide bonds. The molecular weight excluding hydrogens is 471 g/mol. The molecule has 1 aromatic carbocycles. The number of benzene rings is 1. The molecule has 0 spiro atoms. The molecule has 1 fully saturated rings. The van der Waals surface area contributed by atoms with Gasteiger partial charge in [-0.05, 0) is 37.1 Å². The van der Waals surface area contributed by atoms with E-state index in [0.717, 1.165) is 10.4 Å². The summed E-state index contributed by atoms with van der Waals surface area (Å²) in [6.07, 6.45) is 0.806. The lowest BCUT2D eigenvalue weighted by Crippen LogP contribution is -2.43. The van der Waals surface area contributed by atoms with Crippen LogP contribution in [0.1, 0.15) is 25.5 Å². The van der Waals surface area contributed by atoms with Crippen molar-refractivity contribution >= 4 is 38.3 Å². The number of sulfonamides is 1. The van der Waals surface area contributed by atoms with Crippen molar-refractivity contribution < 1.29 is 26.8 Å². The number of amides is 2. The largest absolute Gasteiger partial charge is 0.458 e. The number of thiazole rings is 1. The Hall–Kier alpha value is -3.09. The van der Waals surface area contributed by atoms with Gasteiger partial charge in [0.25, 0.3) is 0 Å². The number of carbonyl (C=O) groups is 2. The summed E-state index contributed by atoms with van der Waals surface area (Å²) in [5, 5.41) is 7.27. The minimum Gasteiger partial charge on any atom is -0.458 e. The van der Waals surface area contributed by atoms with Crippen molar-refractivity contribution in [1.29, 1.82) is 0 Å². The molecule has 1 unspecified atom stereocenters. The highest BCUT2D eigenvalue weighted by atomic mass is 32.2. The zero-order valence-electron chi connectivity index (χ0n) is 17.6. The average Bonchev–Trinajstić information content (AvgIpc) is 3.52. The molecule has 1 aliphatic rings. The second-order valence-corrected chi connectivity index (χ2v) is 10.1. The van der Waals surface area contributed by atoms with E-state index in [4.69, 9.17) is 4.42 Å². The molecule has 0 aliphatic carbocycles. The van der Waals surface area contributed by atoms with Crippen LogP contribution in [0.15, 0.2) is 51.1 Å². The van der Waals surface area contributed by atoms with Crippen LogP contribution in [-0.2, 0) is 26.2 Å². The third-order valence-electron chi connectivity index (χ3n) is 5.09. The summed E-state index contributed by atoms with van der Waals surface area (Å²) in [5.41, 5.74) is 0.492. The van der Waals surface area contributed by atoms with Gasteiger partial charge in [0.1, 0.15) is 28.2 Å². The Morgan fingerprint density at radius 3 is 2.82 bits per heavy atom. The van der Waals surface area contributed by atoms with Crippen LogP contribution < -0.4 is 10.6 Å². The number of aromatic nitrogens is 1. The SMILES string of the molecule is CC(=O)NCc1ccc(-c2csc(NC(=O)C3CCCN3S(=O)(=O)c3ccccc3F)n2)o1. The summed E-state index contributed by atoms with van der Waals surface area (Å²) in [4.78, 5) is 27.8. The van der Waals surface area contributed by atoms with Crippen molar-refractivity contribution in [3.05, 3.63) is 53.4 Å². The van der Waals surface area contributed by atoms with E-state index in [-0.39, 0.29) is 24.1 Å². The number of hydrogen-bond acceptors (Lipinski definition) is 7. The molecule has 2 aromatic heterocycles. The fourth-order valence-electron chi connectivity index (χ4n) is 3.53. The van der Waals surface area contributed by atoms with Crippen LogP contribution in [-0.4, -0.2) is 42.1 Å². The van der Waals surface area contributed by atoms with Crippen molar-refractivity contribution in [3.8, 4) is 11.5 Å². The van der Waals surface area contributed by atoms with E-state index in [1.54, 1.807) is 17.5 Å². The predicted octanol–water partition coefficient (Wildman–Crippen LogP) is 2.97. The van der Waals surface area contributed by atoms with Crippen LogP contribution in [0.2, 0.25) is 0 Å². The number of hydrogen-bond donors (Lipinski definition) is 2. The van der Waals surface area contributed by atoms with Crippen LogP contribution in [0.3, 0.4) is 0 Å². The van der Waals surface area contributed by atoms with Gasteiger partial charge in [0.05, 0.1) is 6.54 Å². The van der Waals surface area contributed by atoms with Crippen LogP contribution in [0.25, 0.3) is 11.5 Å². The summed E-state index contributed by atoms with van der Waals surface area (Å²) >= 11 is 1.17. The van der Waals surface area contributed by atoms with Crippen molar-refractivity contribution in [2.24, 2.45) is 0 Å². The average molecular weight is 493 g/mol. The van der Waals surface area contributed by atoms with Gasteiger partial charge in [-0.15, -0.1) is 11.3 Å². The van der Waals surface area contributed by atoms with Gasteiger partial charge in [-0.2, -0.15) is 4.31 Å². The topological polar surface area (TPSA) is 122 Å². The van der Waals surface area contributed by atoms with Gasteiger partial charge in [-0.3, -0.25) is 9.59 Å². The molecule has 1 saturated heterocycles. The summed E-state index contributed by atoms with van der Waals surface area (Å²) in [5.74, 6) is -0.538. The first kappa shape index (κ1) is 23.1. The lowest BCUT2D eigenvalue weighted by molar-refractivity contribution is -0.119. The molecule has 3 aromatic rings. The van der Waals surface area contributed by atoms with Crippen LogP contribution in [0.4, 0.5) is 9.52 Å². The van der Waals surface area contributed by atoms with Crippen molar-refractivity contribution in [2.45, 2.75) is 37.2 Å². The van der Waals surface area contributed by atoms with E-state index in [1.165, 1.54) is 36.5 Å². The third-order valence-corrected chi connectivity index (χ3v) is 7.79. The smallest absolute Gasteiger partial charge is 0.246 e. The van der Waals surface area contributed by atoms with Gasteiger partial charge in [-0.25, -0.2) is 17.8 Å². The molecule has 174 valence electrons. The maximum absolute atomic E-state index is 14.1. The summed E-state index contributed by atoms with van der Waals surface area (Å²) in [6.45, 7) is 1.78. The number of carbonyl (C=O) groups excluding carboxylic acids is 2. The molecule has 1 aliphatic heterocycles. The fourth-order valence-corrected chi connectivity index (χ4v) is 5.95. The third kappa shape index (κ3) is 4.97. The van der Waals surface area contributed by atoms with Gasteiger partial charge in [-0.1, -0.05) is 12.1 Å². The molecule has 33 heavy (non-hydrogen) atoms. The highest BCUT2D eigenvalue weighted by molar-refractivity contribution is 7.89. The number of halogens is 1. The molecule has 4 rings (SSSR count). The second-order valence-electron chi connectivity index (χ2n) is 7.41. The van der Waals surface area contributed by atoms with Gasteiger partial charge < -0.3 is 15.1 Å². The molecule has 1 atom stereocenters. The standard InChI is InChI=1S/C21H21FN4O5S2/c1-13(27)23-11-14-8-9-18(31-14)16-12-32-21(24-16)25-20(28)17-6-4-10-26(17)33(29,30)19-7-3-2-5-15(19)22/h2-3,5,7-9,12,17H,4,6,10-11H2,1H3,(H,23,27)(H,24,25,28). The molecule has 0 saturated carbocycles. The summed E-state index contributed by atoms with van der Waals surface area (Å²) < 4.78 is 46.7. The van der Waals surface area contributed by atoms with E-state index in [1.807, 2.05) is 0 Å². The Kier molecular flexibility index (Phi) is 6.58. The zero-order chi connectivity index (χ0) is 23.6. The molecule has 12 heteroatoms. The summed E-state index contributed by atoms with van der Waals surface area (Å²) in [6, 6.07) is 7.57. The monoisotopic (exact) mass is 492 g/mol. The van der Waals surface area contributed by atoms with Crippen LogP contribution >= 0.6 is 11.3 Å². The Morgan fingerprint density at radius 1 is 1.27 bits per heavy atom. The highest BCUT2D eigenvalue weighted by Gasteiger charge is 2.40. The first-order valence-electron chi connectivity index (χ1n) is 10.1. The predicted molar refractivity (Wildman–Crippen MR) is 119 cm³/mol. The Labute approximate surface area is 193 Å². The number of rotatable bonds is 7. The van der Waals surface area contributed by atoms with Crippen molar-refractivity contribution in [1.82, 2.24) is 14.6 Å². The molecular formula is C21H21FN4O5S2. The van der Waals surface area contributed by atoms with E-state index < -0.39 is 32.7 Å². The van der Waals surface area contributed by atoms with Gasteiger partial charge in [0.2, 0.25) is 21.8 Å². The molecule has 0 bridgehead atoms. The van der Waals surface area contributed by atoms with Gasteiger partial charge in [0.15, 0.2) is 10.9 Å². The second kappa shape index (κ2) is 9.41. The highest BCUT2D eigenvalue weighted by Crippen LogP contribution is 2.30. The fraction of sp³-hybridized carbons (Fsp3) is 0.286. The molecule has 9 nitrogen and oxygen atoms in total. The number of nitrogens with one attached hydrogen (secondary N) is 2. The van der Waals surface area contributed by atoms with Gasteiger partial charge in [0, 0.05) is 18.8 Å². The minimum absolute atomic E-state index is 0.126. The quantitative estimate of drug-likeness (QED) is 0.523. The zero-order valence-corrected chi connectivity index (χ0v) is 19.2. The van der Waals surface area contributed by atoms with Crippen LogP contribution in [0, 0.1) is 5.82 Å². The van der Waals surface area contributed by atoms with Crippen molar-refractivity contribution in [2.75, 3.05) is 11.9 Å². The van der Waals surface area contributed by atoms with Crippen LogP contribution in [0.5, 0.6) is 0 Å². The van der Waals surface area contributed by atoms with E-state index >= 15 is 0 Å². The normalized spacial score (nSPS) is 16.6. The number of nitrogens with zero attached hydrogens (tertiary/aromatic N) is 2. The van der Waals surface area contributed by atoms with E-state index in [0.29, 0.717) is 30.1 Å². The number of anilines is 1. The Balaban J connectivity index is 1.46. The minimum atomic E-state index is -4.17. The maximum atomic E-state index is 14.1.